The van der Waals surface area contributed by atoms with E-state index in [0.29, 0.717) is 0 Å². The summed E-state index contributed by atoms with van der Waals surface area (Å²) < 4.78 is 4.49. The summed E-state index contributed by atoms with van der Waals surface area (Å²) in [5.41, 5.74) is 0. The number of carbonyl (C=O) groups is 1. The monoisotopic (exact) mass is 171 g/mol. The molecule has 0 rings (SSSR count). The number of hydrogen-bond donors (Lipinski definition) is 1. The fourth-order valence-electron chi connectivity index (χ4n) is 0.923. The first-order chi connectivity index (χ1) is 5.74. The fourth-order valence-corrected chi connectivity index (χ4v) is 0.923. The maximum absolute atomic E-state index is 10.8. The number of amides is 1. The molecule has 1 N–H and O–H groups in total. The minimum atomic E-state index is -0.356. The summed E-state index contributed by atoms with van der Waals surface area (Å²) in [7, 11) is 1.37. The Kier molecular flexibility index (Phi) is 6.15. The molecule has 12 heavy (non-hydrogen) atoms. The maximum Gasteiger partial charge on any atom is 0.407 e. The van der Waals surface area contributed by atoms with Gasteiger partial charge in [0.1, 0.15) is 0 Å². The van der Waals surface area contributed by atoms with Crippen molar-refractivity contribution in [2.45, 2.75) is 32.2 Å². The minimum Gasteiger partial charge on any atom is -0.453 e. The lowest BCUT2D eigenvalue weighted by Gasteiger charge is -2.14. The number of carbonyl (C=O) groups excluding carboxylic acids is 1. The van der Waals surface area contributed by atoms with Crippen molar-refractivity contribution in [3.8, 4) is 0 Å². The zero-order chi connectivity index (χ0) is 9.40. The Morgan fingerprint density at radius 2 is 2.42 bits per heavy atom. The van der Waals surface area contributed by atoms with Crippen LogP contribution in [0.15, 0.2) is 12.7 Å². The van der Waals surface area contributed by atoms with Gasteiger partial charge in [-0.1, -0.05) is 13.0 Å². The molecule has 3 nitrogen and oxygen atoms in total. The molecule has 0 aromatic heterocycles. The van der Waals surface area contributed by atoms with Gasteiger partial charge in [0.05, 0.1) is 7.11 Å². The van der Waals surface area contributed by atoms with E-state index in [4.69, 9.17) is 0 Å². The molecule has 0 radical (unpaired) electrons. The van der Waals surface area contributed by atoms with E-state index in [1.165, 1.54) is 7.11 Å². The SMILES string of the molecule is C=CCCC(CC)NC(=O)OC. The molecule has 0 aromatic rings. The second kappa shape index (κ2) is 6.70. The van der Waals surface area contributed by atoms with Crippen LogP contribution >= 0.6 is 0 Å². The molecule has 0 aliphatic rings. The summed E-state index contributed by atoms with van der Waals surface area (Å²) in [6.07, 6.45) is 4.26. The third-order valence-corrected chi connectivity index (χ3v) is 1.72. The number of nitrogens with one attached hydrogen (secondary N) is 1. The Morgan fingerprint density at radius 3 is 2.83 bits per heavy atom. The Morgan fingerprint density at radius 1 is 1.75 bits per heavy atom. The van der Waals surface area contributed by atoms with Gasteiger partial charge in [-0.15, -0.1) is 6.58 Å². The minimum absolute atomic E-state index is 0.204. The second-order valence-corrected chi connectivity index (χ2v) is 2.61. The van der Waals surface area contributed by atoms with Crippen molar-refractivity contribution in [3.05, 3.63) is 12.7 Å². The highest BCUT2D eigenvalue weighted by molar-refractivity contribution is 5.67. The van der Waals surface area contributed by atoms with Crippen molar-refractivity contribution in [2.24, 2.45) is 0 Å². The van der Waals surface area contributed by atoms with Crippen molar-refractivity contribution < 1.29 is 9.53 Å². The highest BCUT2D eigenvalue weighted by atomic mass is 16.5. The Labute approximate surface area is 73.8 Å². The second-order valence-electron chi connectivity index (χ2n) is 2.61. The fraction of sp³-hybridized carbons (Fsp3) is 0.667. The van der Waals surface area contributed by atoms with Crippen molar-refractivity contribution in [3.63, 3.8) is 0 Å². The van der Waals surface area contributed by atoms with Crippen LogP contribution in [0.25, 0.3) is 0 Å². The van der Waals surface area contributed by atoms with Gasteiger partial charge in [0.25, 0.3) is 0 Å². The number of methoxy groups -OCH3 is 1. The Bertz CT molecular complexity index is 145. The van der Waals surface area contributed by atoms with E-state index in [1.54, 1.807) is 0 Å². The first-order valence-electron chi connectivity index (χ1n) is 4.20. The van der Waals surface area contributed by atoms with E-state index in [9.17, 15) is 4.79 Å². The number of alkyl carbamates (subject to hydrolysis) is 1. The van der Waals surface area contributed by atoms with Gasteiger partial charge < -0.3 is 10.1 Å². The standard InChI is InChI=1S/C9H17NO2/c1-4-6-7-8(5-2)10-9(11)12-3/h4,8H,1,5-7H2,2-3H3,(H,10,11). The average Bonchev–Trinajstić information content (AvgIpc) is 2.11. The van der Waals surface area contributed by atoms with Crippen molar-refractivity contribution >= 4 is 6.09 Å². The molecule has 0 aromatic carbocycles. The van der Waals surface area contributed by atoms with E-state index in [2.05, 4.69) is 16.6 Å². The van der Waals surface area contributed by atoms with Crippen LogP contribution in [0.3, 0.4) is 0 Å². The first-order valence-corrected chi connectivity index (χ1v) is 4.20. The van der Waals surface area contributed by atoms with Crippen molar-refractivity contribution in [1.29, 1.82) is 0 Å². The predicted molar refractivity (Wildman–Crippen MR) is 49.1 cm³/mol. The summed E-state index contributed by atoms with van der Waals surface area (Å²) in [6.45, 7) is 5.65. The molecule has 0 heterocycles. The third kappa shape index (κ3) is 4.77. The molecular weight excluding hydrogens is 154 g/mol. The summed E-state index contributed by atoms with van der Waals surface area (Å²) in [4.78, 5) is 10.8. The molecular formula is C9H17NO2. The van der Waals surface area contributed by atoms with Crippen LogP contribution in [-0.2, 0) is 4.74 Å². The van der Waals surface area contributed by atoms with E-state index in [-0.39, 0.29) is 12.1 Å². The molecule has 0 saturated carbocycles. The van der Waals surface area contributed by atoms with E-state index >= 15 is 0 Å². The largest absolute Gasteiger partial charge is 0.453 e. The topological polar surface area (TPSA) is 38.3 Å². The van der Waals surface area contributed by atoms with E-state index in [1.807, 2.05) is 13.0 Å². The van der Waals surface area contributed by atoms with E-state index < -0.39 is 0 Å². The molecule has 0 bridgehead atoms. The van der Waals surface area contributed by atoms with Gasteiger partial charge in [-0.05, 0) is 19.3 Å². The molecule has 0 aliphatic carbocycles. The summed E-state index contributed by atoms with van der Waals surface area (Å²) in [5.74, 6) is 0. The molecule has 0 spiro atoms. The molecule has 1 unspecified atom stereocenters. The molecule has 70 valence electrons. The Hall–Kier alpha value is -0.990. The maximum atomic E-state index is 10.8. The van der Waals surface area contributed by atoms with Gasteiger partial charge in [-0.3, -0.25) is 0 Å². The van der Waals surface area contributed by atoms with Crippen LogP contribution in [0.1, 0.15) is 26.2 Å². The molecule has 0 aliphatic heterocycles. The highest BCUT2D eigenvalue weighted by Gasteiger charge is 2.08. The molecule has 1 amide bonds. The Balaban J connectivity index is 3.66. The van der Waals surface area contributed by atoms with Crippen LogP contribution < -0.4 is 5.32 Å². The zero-order valence-electron chi connectivity index (χ0n) is 7.80. The van der Waals surface area contributed by atoms with Crippen molar-refractivity contribution in [2.75, 3.05) is 7.11 Å². The molecule has 3 heteroatoms. The quantitative estimate of drug-likeness (QED) is 0.643. The molecule has 1 atom stereocenters. The number of ether oxygens (including phenoxy) is 1. The third-order valence-electron chi connectivity index (χ3n) is 1.72. The van der Waals surface area contributed by atoms with Crippen molar-refractivity contribution in [1.82, 2.24) is 5.32 Å². The lowest BCUT2D eigenvalue weighted by Crippen LogP contribution is -2.34. The summed E-state index contributed by atoms with van der Waals surface area (Å²) in [6, 6.07) is 0.204. The van der Waals surface area contributed by atoms with Crippen LogP contribution in [0.2, 0.25) is 0 Å². The van der Waals surface area contributed by atoms with Crippen LogP contribution in [-0.4, -0.2) is 19.2 Å². The average molecular weight is 171 g/mol. The number of rotatable bonds is 5. The number of hydrogen-bond acceptors (Lipinski definition) is 2. The lowest BCUT2D eigenvalue weighted by atomic mass is 10.1. The highest BCUT2D eigenvalue weighted by Crippen LogP contribution is 2.01. The summed E-state index contributed by atoms with van der Waals surface area (Å²) in [5, 5.41) is 2.74. The molecule has 0 fully saturated rings. The van der Waals surface area contributed by atoms with Gasteiger partial charge in [-0.25, -0.2) is 4.79 Å². The van der Waals surface area contributed by atoms with Gasteiger partial charge >= 0.3 is 6.09 Å². The smallest absolute Gasteiger partial charge is 0.407 e. The summed E-state index contributed by atoms with van der Waals surface area (Å²) >= 11 is 0. The molecule has 0 saturated heterocycles. The lowest BCUT2D eigenvalue weighted by molar-refractivity contribution is 0.165. The van der Waals surface area contributed by atoms with Gasteiger partial charge in [0.15, 0.2) is 0 Å². The van der Waals surface area contributed by atoms with Crippen LogP contribution in [0.5, 0.6) is 0 Å². The van der Waals surface area contributed by atoms with Crippen LogP contribution in [0, 0.1) is 0 Å². The number of allylic oxidation sites excluding steroid dienone is 1. The first kappa shape index (κ1) is 11.0. The predicted octanol–water partition coefficient (Wildman–Crippen LogP) is 2.09. The van der Waals surface area contributed by atoms with E-state index in [0.717, 1.165) is 19.3 Å². The van der Waals surface area contributed by atoms with Gasteiger partial charge in [0, 0.05) is 6.04 Å². The van der Waals surface area contributed by atoms with Gasteiger partial charge in [0.2, 0.25) is 0 Å². The van der Waals surface area contributed by atoms with Crippen LogP contribution in [0.4, 0.5) is 4.79 Å². The normalized spacial score (nSPS) is 11.8. The van der Waals surface area contributed by atoms with Gasteiger partial charge in [-0.2, -0.15) is 0 Å². The zero-order valence-corrected chi connectivity index (χ0v) is 7.80.